The fourth-order valence-electron chi connectivity index (χ4n) is 4.98. The molecule has 230 valence electrons. The first-order chi connectivity index (χ1) is 22.9. The van der Waals surface area contributed by atoms with Gasteiger partial charge in [0.15, 0.2) is 0 Å². The molecule has 47 heavy (non-hydrogen) atoms. The minimum Gasteiger partial charge on any atom is -0.423 e. The van der Waals surface area contributed by atoms with Crippen molar-refractivity contribution in [2.45, 2.75) is 4.87 Å². The number of rotatable bonds is 9. The molecule has 7 heteroatoms. The lowest BCUT2D eigenvalue weighted by atomic mass is 9.84. The van der Waals surface area contributed by atoms with Gasteiger partial charge in [-0.25, -0.2) is 14.4 Å². The van der Waals surface area contributed by atoms with Crippen LogP contribution < -0.4 is 14.2 Å². The van der Waals surface area contributed by atoms with Gasteiger partial charge in [-0.3, -0.25) is 0 Å². The topological polar surface area (TPSA) is 78.9 Å². The van der Waals surface area contributed by atoms with Gasteiger partial charge in [0, 0.05) is 0 Å². The number of hydrogen-bond donors (Lipinski definition) is 0. The van der Waals surface area contributed by atoms with E-state index in [1.54, 1.807) is 146 Å². The predicted octanol–water partition coefficient (Wildman–Crippen LogP) is 8.87. The van der Waals surface area contributed by atoms with Gasteiger partial charge in [0.05, 0.1) is 16.7 Å². The van der Waals surface area contributed by atoms with Crippen LogP contribution in [0.25, 0.3) is 0 Å². The first kappa shape index (κ1) is 31.0. The third-order valence-corrected chi connectivity index (χ3v) is 8.07. The molecule has 0 aliphatic carbocycles. The number of ether oxygens (including phenoxy) is 3. The van der Waals surface area contributed by atoms with Gasteiger partial charge in [-0.1, -0.05) is 91.0 Å². The summed E-state index contributed by atoms with van der Waals surface area (Å²) in [7, 11) is 0. The van der Waals surface area contributed by atoms with Crippen molar-refractivity contribution in [3.05, 3.63) is 197 Å². The van der Waals surface area contributed by atoms with Crippen molar-refractivity contribution in [2.75, 3.05) is 0 Å². The SMILES string of the molecule is O=C(Oc1ccc(C(Cl)(c2ccc(OC(=O)c3ccccc3)cc2)c2ccc(OC(=O)c3ccccc3)cc2)cc1)c1ccccc1. The van der Waals surface area contributed by atoms with E-state index in [0.29, 0.717) is 50.6 Å². The molecule has 0 aromatic heterocycles. The van der Waals surface area contributed by atoms with Crippen LogP contribution in [0.15, 0.2) is 164 Å². The van der Waals surface area contributed by atoms with Crippen molar-refractivity contribution in [1.82, 2.24) is 0 Å². The van der Waals surface area contributed by atoms with E-state index in [1.807, 2.05) is 18.2 Å². The van der Waals surface area contributed by atoms with E-state index in [1.165, 1.54) is 0 Å². The molecular formula is C40H27ClO6. The van der Waals surface area contributed by atoms with Gasteiger partial charge in [0.1, 0.15) is 22.1 Å². The molecule has 6 rings (SSSR count). The molecule has 6 nitrogen and oxygen atoms in total. The van der Waals surface area contributed by atoms with Gasteiger partial charge in [-0.2, -0.15) is 0 Å². The average molecular weight is 639 g/mol. The van der Waals surface area contributed by atoms with Gasteiger partial charge in [0.2, 0.25) is 0 Å². The second-order valence-electron chi connectivity index (χ2n) is 10.5. The third kappa shape index (κ3) is 7.14. The first-order valence-corrected chi connectivity index (χ1v) is 15.1. The average Bonchev–Trinajstić information content (AvgIpc) is 3.13. The summed E-state index contributed by atoms with van der Waals surface area (Å²) in [6, 6.07) is 47.0. The van der Waals surface area contributed by atoms with Crippen molar-refractivity contribution in [3.63, 3.8) is 0 Å². The largest absolute Gasteiger partial charge is 0.423 e. The Labute approximate surface area is 276 Å². The Morgan fingerprint density at radius 3 is 0.830 bits per heavy atom. The van der Waals surface area contributed by atoms with Gasteiger partial charge in [0.25, 0.3) is 0 Å². The molecule has 0 atom stereocenters. The molecule has 0 amide bonds. The predicted molar refractivity (Wildman–Crippen MR) is 179 cm³/mol. The van der Waals surface area contributed by atoms with Crippen LogP contribution in [0.1, 0.15) is 47.8 Å². The smallest absolute Gasteiger partial charge is 0.343 e. The van der Waals surface area contributed by atoms with Crippen molar-refractivity contribution in [3.8, 4) is 17.2 Å². The van der Waals surface area contributed by atoms with Crippen molar-refractivity contribution in [2.24, 2.45) is 0 Å². The first-order valence-electron chi connectivity index (χ1n) is 14.7. The Morgan fingerprint density at radius 2 is 0.596 bits per heavy atom. The van der Waals surface area contributed by atoms with Crippen molar-refractivity contribution >= 4 is 29.5 Å². The van der Waals surface area contributed by atoms with E-state index in [9.17, 15) is 14.4 Å². The number of hydrogen-bond acceptors (Lipinski definition) is 6. The number of halogens is 1. The molecule has 0 aliphatic heterocycles. The Kier molecular flexibility index (Phi) is 9.23. The van der Waals surface area contributed by atoms with Crippen molar-refractivity contribution in [1.29, 1.82) is 0 Å². The lowest BCUT2D eigenvalue weighted by molar-refractivity contribution is 0.0725. The highest BCUT2D eigenvalue weighted by atomic mass is 35.5. The van der Waals surface area contributed by atoms with E-state index in [4.69, 9.17) is 25.8 Å². The van der Waals surface area contributed by atoms with Crippen LogP contribution in [0, 0.1) is 0 Å². The molecule has 0 saturated carbocycles. The molecule has 6 aromatic carbocycles. The number of esters is 3. The summed E-state index contributed by atoms with van der Waals surface area (Å²) in [6.07, 6.45) is 0. The van der Waals surface area contributed by atoms with E-state index in [2.05, 4.69) is 0 Å². The maximum atomic E-state index is 12.6. The van der Waals surface area contributed by atoms with Crippen LogP contribution in [-0.4, -0.2) is 17.9 Å². The van der Waals surface area contributed by atoms with E-state index >= 15 is 0 Å². The highest BCUT2D eigenvalue weighted by Gasteiger charge is 2.34. The maximum absolute atomic E-state index is 12.6. The zero-order valence-electron chi connectivity index (χ0n) is 24.9. The number of benzene rings is 6. The zero-order valence-corrected chi connectivity index (χ0v) is 25.7. The van der Waals surface area contributed by atoms with E-state index in [-0.39, 0.29) is 0 Å². The highest BCUT2D eigenvalue weighted by molar-refractivity contribution is 6.28. The Bertz CT molecular complexity index is 1740. The Morgan fingerprint density at radius 1 is 0.362 bits per heavy atom. The van der Waals surface area contributed by atoms with Crippen LogP contribution in [0.5, 0.6) is 17.2 Å². The summed E-state index contributed by atoms with van der Waals surface area (Å²) in [5.41, 5.74) is 3.35. The fourth-order valence-corrected chi connectivity index (χ4v) is 5.36. The van der Waals surface area contributed by atoms with Crippen LogP contribution in [0.3, 0.4) is 0 Å². The molecule has 0 heterocycles. The monoisotopic (exact) mass is 638 g/mol. The highest BCUT2D eigenvalue weighted by Crippen LogP contribution is 2.44. The summed E-state index contributed by atoms with van der Waals surface area (Å²) in [4.78, 5) is 36.6. The summed E-state index contributed by atoms with van der Waals surface area (Å²) in [6.45, 7) is 0. The minimum absolute atomic E-state index is 0.355. The minimum atomic E-state index is -1.23. The Hall–Kier alpha value is -5.98. The number of alkyl halides is 1. The molecule has 0 unspecified atom stereocenters. The third-order valence-electron chi connectivity index (χ3n) is 7.42. The molecule has 0 aliphatic rings. The summed E-state index contributed by atoms with van der Waals surface area (Å²) >= 11 is 7.55. The fraction of sp³-hybridized carbons (Fsp3) is 0.0250. The quantitative estimate of drug-likeness (QED) is 0.0681. The van der Waals surface area contributed by atoms with Crippen LogP contribution >= 0.6 is 11.6 Å². The van der Waals surface area contributed by atoms with Gasteiger partial charge >= 0.3 is 17.9 Å². The van der Waals surface area contributed by atoms with Gasteiger partial charge in [-0.15, -0.1) is 11.6 Å². The number of carbonyl (C=O) groups is 3. The van der Waals surface area contributed by atoms with Crippen LogP contribution in [0.2, 0.25) is 0 Å². The second kappa shape index (κ2) is 14.0. The summed E-state index contributed by atoms with van der Waals surface area (Å²) in [5.74, 6) is -0.362. The Balaban J connectivity index is 1.29. The molecule has 0 bridgehead atoms. The van der Waals surface area contributed by atoms with Gasteiger partial charge < -0.3 is 14.2 Å². The standard InChI is InChI=1S/C40H27ClO6/c41-40(31-16-22-34(23-17-31)45-37(42)28-10-4-1-5-11-28,32-18-24-35(25-19-32)46-38(43)29-12-6-2-7-13-29)33-20-26-36(27-21-33)47-39(44)30-14-8-3-9-15-30/h1-27H. The molecule has 0 spiro atoms. The molecule has 0 saturated heterocycles. The second-order valence-corrected chi connectivity index (χ2v) is 11.1. The lowest BCUT2D eigenvalue weighted by Gasteiger charge is -2.29. The van der Waals surface area contributed by atoms with Crippen LogP contribution in [0.4, 0.5) is 0 Å². The maximum Gasteiger partial charge on any atom is 0.343 e. The molecular weight excluding hydrogens is 612 g/mol. The molecule has 0 radical (unpaired) electrons. The lowest BCUT2D eigenvalue weighted by Crippen LogP contribution is -2.22. The van der Waals surface area contributed by atoms with Crippen LogP contribution in [-0.2, 0) is 4.87 Å². The molecule has 0 fully saturated rings. The molecule has 6 aromatic rings. The van der Waals surface area contributed by atoms with E-state index in [0.717, 1.165) is 0 Å². The van der Waals surface area contributed by atoms with Gasteiger partial charge in [-0.05, 0) is 89.5 Å². The number of carbonyl (C=O) groups excluding carboxylic acids is 3. The summed E-state index contributed by atoms with van der Waals surface area (Å²) in [5, 5.41) is 0. The molecule has 0 N–H and O–H groups in total. The van der Waals surface area contributed by atoms with Crippen molar-refractivity contribution < 1.29 is 28.6 Å². The zero-order chi connectivity index (χ0) is 32.6. The van der Waals surface area contributed by atoms with E-state index < -0.39 is 22.8 Å². The summed E-state index contributed by atoms with van der Waals surface area (Å²) < 4.78 is 16.7. The normalized spacial score (nSPS) is 10.9.